The van der Waals surface area contributed by atoms with Gasteiger partial charge in [-0.05, 0) is 42.9 Å². The smallest absolute Gasteiger partial charge is 0.268 e. The molecule has 24 heavy (non-hydrogen) atoms. The molecule has 124 valence electrons. The van der Waals surface area contributed by atoms with Gasteiger partial charge in [0.2, 0.25) is 0 Å². The number of nitrogens with one attached hydrogen (secondary N) is 1. The van der Waals surface area contributed by atoms with Crippen LogP contribution in [0, 0.1) is 5.82 Å². The van der Waals surface area contributed by atoms with Crippen molar-refractivity contribution in [2.45, 2.75) is 11.4 Å². The van der Waals surface area contributed by atoms with Gasteiger partial charge in [-0.1, -0.05) is 30.3 Å². The average molecular weight is 344 g/mol. The van der Waals surface area contributed by atoms with Gasteiger partial charge in [-0.25, -0.2) is 16.8 Å². The fourth-order valence-electron chi connectivity index (χ4n) is 2.57. The summed E-state index contributed by atoms with van der Waals surface area (Å²) in [6.07, 6.45) is 1.53. The van der Waals surface area contributed by atoms with Crippen LogP contribution >= 0.6 is 0 Å². The third kappa shape index (κ3) is 2.98. The van der Waals surface area contributed by atoms with E-state index in [1.165, 1.54) is 24.4 Å². The zero-order chi connectivity index (χ0) is 17.2. The molecule has 0 unspecified atom stereocenters. The van der Waals surface area contributed by atoms with Crippen LogP contribution in [0.4, 0.5) is 4.39 Å². The Balaban J connectivity index is 2.23. The van der Waals surface area contributed by atoms with Gasteiger partial charge in [-0.3, -0.25) is 0 Å². The van der Waals surface area contributed by atoms with Crippen LogP contribution in [-0.2, 0) is 16.6 Å². The third-order valence-corrected chi connectivity index (χ3v) is 5.36. The molecule has 0 fully saturated rings. The van der Waals surface area contributed by atoms with Gasteiger partial charge in [0.1, 0.15) is 5.82 Å². The van der Waals surface area contributed by atoms with Crippen LogP contribution in [0.1, 0.15) is 5.56 Å². The maximum Gasteiger partial charge on any atom is 0.268 e. The number of halogens is 1. The number of hydrogen-bond donors (Lipinski definition) is 1. The molecule has 2 aromatic carbocycles. The molecule has 0 amide bonds. The van der Waals surface area contributed by atoms with Gasteiger partial charge < -0.3 is 5.32 Å². The van der Waals surface area contributed by atoms with E-state index in [4.69, 9.17) is 0 Å². The number of benzene rings is 2. The summed E-state index contributed by atoms with van der Waals surface area (Å²) in [5.74, 6) is -0.462. The highest BCUT2D eigenvalue weighted by Gasteiger charge is 2.22. The minimum Gasteiger partial charge on any atom is -0.316 e. The molecule has 0 saturated heterocycles. The van der Waals surface area contributed by atoms with Gasteiger partial charge in [-0.2, -0.15) is 0 Å². The molecule has 0 saturated carbocycles. The second-order valence-corrected chi connectivity index (χ2v) is 7.17. The van der Waals surface area contributed by atoms with Crippen LogP contribution in [0.5, 0.6) is 0 Å². The Morgan fingerprint density at radius 2 is 1.71 bits per heavy atom. The van der Waals surface area contributed by atoms with E-state index in [2.05, 4.69) is 5.32 Å². The first-order valence-electron chi connectivity index (χ1n) is 7.45. The Morgan fingerprint density at radius 1 is 1.04 bits per heavy atom. The summed E-state index contributed by atoms with van der Waals surface area (Å²) >= 11 is 0. The standard InChI is InChI=1S/C18H17FN2O2S/c1-20-12-14-11-18(16-9-5-6-10-17(16)19)21(13-14)24(22,23)15-7-3-2-4-8-15/h2-11,13,20H,12H2,1H3. The lowest BCUT2D eigenvalue weighted by Gasteiger charge is -2.11. The van der Waals surface area contributed by atoms with Crippen molar-refractivity contribution in [2.75, 3.05) is 7.05 Å². The van der Waals surface area contributed by atoms with Crippen molar-refractivity contribution in [2.24, 2.45) is 0 Å². The lowest BCUT2D eigenvalue weighted by Crippen LogP contribution is -2.13. The minimum absolute atomic E-state index is 0.161. The van der Waals surface area contributed by atoms with Crippen LogP contribution < -0.4 is 5.32 Å². The molecule has 1 N–H and O–H groups in total. The van der Waals surface area contributed by atoms with Gasteiger partial charge in [0.25, 0.3) is 10.0 Å². The first-order chi connectivity index (χ1) is 11.5. The van der Waals surface area contributed by atoms with Gasteiger partial charge in [0.05, 0.1) is 10.6 Å². The first kappa shape index (κ1) is 16.4. The molecule has 0 atom stereocenters. The van der Waals surface area contributed by atoms with Gasteiger partial charge >= 0.3 is 0 Å². The van der Waals surface area contributed by atoms with E-state index in [0.717, 1.165) is 9.54 Å². The van der Waals surface area contributed by atoms with E-state index in [9.17, 15) is 12.8 Å². The molecule has 3 rings (SSSR count). The van der Waals surface area contributed by atoms with E-state index in [0.29, 0.717) is 12.2 Å². The Kier molecular flexibility index (Phi) is 4.51. The lowest BCUT2D eigenvalue weighted by molar-refractivity contribution is 0.587. The second-order valence-electron chi connectivity index (χ2n) is 5.36. The maximum atomic E-state index is 14.2. The quantitative estimate of drug-likeness (QED) is 0.773. The Bertz CT molecular complexity index is 950. The van der Waals surface area contributed by atoms with Crippen LogP contribution in [-0.4, -0.2) is 19.4 Å². The van der Waals surface area contributed by atoms with E-state index in [1.54, 1.807) is 49.5 Å². The molecule has 6 heteroatoms. The molecule has 1 heterocycles. The van der Waals surface area contributed by atoms with E-state index >= 15 is 0 Å². The number of rotatable bonds is 5. The van der Waals surface area contributed by atoms with E-state index in [-0.39, 0.29) is 10.5 Å². The molecule has 0 spiro atoms. The van der Waals surface area contributed by atoms with Crippen molar-refractivity contribution < 1.29 is 12.8 Å². The van der Waals surface area contributed by atoms with Crippen molar-refractivity contribution >= 4 is 10.0 Å². The normalized spacial score (nSPS) is 11.6. The Labute approximate surface area is 140 Å². The predicted molar refractivity (Wildman–Crippen MR) is 91.6 cm³/mol. The number of aromatic nitrogens is 1. The molecule has 0 aliphatic heterocycles. The molecule has 0 radical (unpaired) electrons. The third-order valence-electron chi connectivity index (χ3n) is 3.67. The molecule has 0 aliphatic rings. The monoisotopic (exact) mass is 344 g/mol. The summed E-state index contributed by atoms with van der Waals surface area (Å²) in [5.41, 5.74) is 1.32. The highest BCUT2D eigenvalue weighted by molar-refractivity contribution is 7.90. The van der Waals surface area contributed by atoms with Crippen molar-refractivity contribution in [1.82, 2.24) is 9.29 Å². The first-order valence-corrected chi connectivity index (χ1v) is 8.89. The number of nitrogens with zero attached hydrogens (tertiary/aromatic N) is 1. The summed E-state index contributed by atoms with van der Waals surface area (Å²) in [6, 6.07) is 16.0. The Morgan fingerprint density at radius 3 is 2.38 bits per heavy atom. The summed E-state index contributed by atoms with van der Waals surface area (Å²) in [4.78, 5) is 0.161. The molecule has 4 nitrogen and oxygen atoms in total. The molecule has 0 bridgehead atoms. The highest BCUT2D eigenvalue weighted by atomic mass is 32.2. The molecular weight excluding hydrogens is 327 g/mol. The largest absolute Gasteiger partial charge is 0.316 e. The average Bonchev–Trinajstić information content (AvgIpc) is 3.01. The molecule has 1 aromatic heterocycles. The fourth-order valence-corrected chi connectivity index (χ4v) is 3.98. The van der Waals surface area contributed by atoms with Gasteiger partial charge in [0, 0.05) is 18.3 Å². The minimum atomic E-state index is -3.81. The van der Waals surface area contributed by atoms with Crippen LogP contribution in [0.2, 0.25) is 0 Å². The lowest BCUT2D eigenvalue weighted by atomic mass is 10.1. The van der Waals surface area contributed by atoms with E-state index in [1.807, 2.05) is 0 Å². The summed E-state index contributed by atoms with van der Waals surface area (Å²) < 4.78 is 41.3. The van der Waals surface area contributed by atoms with Crippen molar-refractivity contribution in [3.63, 3.8) is 0 Å². The summed E-state index contributed by atoms with van der Waals surface area (Å²) in [5, 5.41) is 2.98. The fraction of sp³-hybridized carbons (Fsp3) is 0.111. The molecule has 3 aromatic rings. The zero-order valence-electron chi connectivity index (χ0n) is 13.1. The van der Waals surface area contributed by atoms with Crippen molar-refractivity contribution in [1.29, 1.82) is 0 Å². The maximum absolute atomic E-state index is 14.2. The molecular formula is C18H17FN2O2S. The topological polar surface area (TPSA) is 51.1 Å². The van der Waals surface area contributed by atoms with Gasteiger partial charge in [-0.15, -0.1) is 0 Å². The SMILES string of the molecule is CNCc1cc(-c2ccccc2F)n(S(=O)(=O)c2ccccc2)c1. The predicted octanol–water partition coefficient (Wildman–Crippen LogP) is 3.25. The van der Waals surface area contributed by atoms with Crippen LogP contribution in [0.15, 0.2) is 71.8 Å². The van der Waals surface area contributed by atoms with Gasteiger partial charge in [0.15, 0.2) is 0 Å². The second kappa shape index (κ2) is 6.59. The summed E-state index contributed by atoms with van der Waals surface area (Å²) in [6.45, 7) is 0.485. The van der Waals surface area contributed by atoms with Crippen molar-refractivity contribution in [3.8, 4) is 11.3 Å². The van der Waals surface area contributed by atoms with Crippen LogP contribution in [0.25, 0.3) is 11.3 Å². The van der Waals surface area contributed by atoms with Crippen molar-refractivity contribution in [3.05, 3.63) is 78.2 Å². The number of hydrogen-bond acceptors (Lipinski definition) is 3. The molecule has 0 aliphatic carbocycles. The van der Waals surface area contributed by atoms with E-state index < -0.39 is 15.8 Å². The highest BCUT2D eigenvalue weighted by Crippen LogP contribution is 2.28. The van der Waals surface area contributed by atoms with Crippen LogP contribution in [0.3, 0.4) is 0 Å². The Hall–Kier alpha value is -2.44. The zero-order valence-corrected chi connectivity index (χ0v) is 13.9. The summed E-state index contributed by atoms with van der Waals surface area (Å²) in [7, 11) is -2.04.